The van der Waals surface area contributed by atoms with E-state index in [1.165, 1.54) is 7.11 Å². The first kappa shape index (κ1) is 16.6. The number of methoxy groups -OCH3 is 1. The number of pyridine rings is 1. The van der Waals surface area contributed by atoms with Crippen LogP contribution in [0.5, 0.6) is 5.88 Å². The molecule has 3 aromatic heterocycles. The summed E-state index contributed by atoms with van der Waals surface area (Å²) in [6, 6.07) is 5.34. The number of ether oxygens (including phenoxy) is 1. The van der Waals surface area contributed by atoms with Crippen LogP contribution in [0.1, 0.15) is 24.2 Å². The van der Waals surface area contributed by atoms with Gasteiger partial charge in [0, 0.05) is 19.3 Å². The second-order valence-electron chi connectivity index (χ2n) is 5.21. The van der Waals surface area contributed by atoms with Crippen LogP contribution >= 0.6 is 0 Å². The largest absolute Gasteiger partial charge is 0.479 e. The first-order valence-corrected chi connectivity index (χ1v) is 7.94. The standard InChI is InChI=1S/C16H19N7O2/c1-4-22-10-17-20-14(22)12-7-6-8-13(18-12)19-15(24)11-9-23(5-2)21-16(11)25-3/h6-10H,4-5H2,1-3H3,(H,18,19,24). The van der Waals surface area contributed by atoms with Gasteiger partial charge in [0.2, 0.25) is 5.88 Å². The summed E-state index contributed by atoms with van der Waals surface area (Å²) < 4.78 is 8.68. The molecule has 3 rings (SSSR count). The maximum Gasteiger partial charge on any atom is 0.263 e. The molecule has 1 amide bonds. The van der Waals surface area contributed by atoms with Gasteiger partial charge in [0.1, 0.15) is 23.4 Å². The Hall–Kier alpha value is -3.23. The molecule has 3 aromatic rings. The predicted molar refractivity (Wildman–Crippen MR) is 91.3 cm³/mol. The zero-order valence-corrected chi connectivity index (χ0v) is 14.3. The zero-order chi connectivity index (χ0) is 17.8. The van der Waals surface area contributed by atoms with E-state index in [0.717, 1.165) is 6.54 Å². The lowest BCUT2D eigenvalue weighted by molar-refractivity contribution is 0.102. The number of nitrogens with zero attached hydrogens (tertiary/aromatic N) is 6. The first-order chi connectivity index (χ1) is 12.2. The Morgan fingerprint density at radius 1 is 1.28 bits per heavy atom. The van der Waals surface area contributed by atoms with Gasteiger partial charge in [-0.2, -0.15) is 0 Å². The highest BCUT2D eigenvalue weighted by atomic mass is 16.5. The van der Waals surface area contributed by atoms with Crippen molar-refractivity contribution in [3.63, 3.8) is 0 Å². The molecule has 0 bridgehead atoms. The minimum atomic E-state index is -0.335. The van der Waals surface area contributed by atoms with E-state index in [2.05, 4.69) is 25.6 Å². The van der Waals surface area contributed by atoms with Crippen LogP contribution in [0, 0.1) is 0 Å². The van der Waals surface area contributed by atoms with E-state index < -0.39 is 0 Å². The predicted octanol–water partition coefficient (Wildman–Crippen LogP) is 1.84. The summed E-state index contributed by atoms with van der Waals surface area (Å²) in [6.07, 6.45) is 3.29. The molecule has 0 fully saturated rings. The van der Waals surface area contributed by atoms with Crippen LogP contribution in [0.3, 0.4) is 0 Å². The van der Waals surface area contributed by atoms with Gasteiger partial charge in [0.15, 0.2) is 5.82 Å². The maximum atomic E-state index is 12.5. The number of nitrogens with one attached hydrogen (secondary N) is 1. The fraction of sp³-hybridized carbons (Fsp3) is 0.312. The van der Waals surface area contributed by atoms with Crippen LogP contribution in [0.2, 0.25) is 0 Å². The monoisotopic (exact) mass is 341 g/mol. The molecule has 9 nitrogen and oxygen atoms in total. The molecule has 0 aliphatic carbocycles. The average Bonchev–Trinajstić information content (AvgIpc) is 3.28. The van der Waals surface area contributed by atoms with Crippen molar-refractivity contribution in [3.05, 3.63) is 36.3 Å². The molecule has 0 saturated carbocycles. The average molecular weight is 341 g/mol. The zero-order valence-electron chi connectivity index (χ0n) is 14.3. The van der Waals surface area contributed by atoms with Crippen LogP contribution < -0.4 is 10.1 Å². The van der Waals surface area contributed by atoms with E-state index in [9.17, 15) is 4.79 Å². The van der Waals surface area contributed by atoms with Gasteiger partial charge in [-0.15, -0.1) is 15.3 Å². The van der Waals surface area contributed by atoms with Gasteiger partial charge in [0.25, 0.3) is 5.91 Å². The summed E-state index contributed by atoms with van der Waals surface area (Å²) >= 11 is 0. The number of aromatic nitrogens is 6. The summed E-state index contributed by atoms with van der Waals surface area (Å²) in [5.41, 5.74) is 0.988. The normalized spacial score (nSPS) is 10.7. The van der Waals surface area contributed by atoms with Crippen molar-refractivity contribution in [1.82, 2.24) is 29.5 Å². The van der Waals surface area contributed by atoms with Crippen LogP contribution in [0.25, 0.3) is 11.5 Å². The molecule has 3 heterocycles. The van der Waals surface area contributed by atoms with Crippen LogP contribution in [0.4, 0.5) is 5.82 Å². The third-order valence-corrected chi connectivity index (χ3v) is 3.67. The molecular formula is C16H19N7O2. The number of anilines is 1. The van der Waals surface area contributed by atoms with Crippen molar-refractivity contribution in [3.8, 4) is 17.4 Å². The van der Waals surface area contributed by atoms with Crippen LogP contribution in [0.15, 0.2) is 30.7 Å². The number of hydrogen-bond donors (Lipinski definition) is 1. The first-order valence-electron chi connectivity index (χ1n) is 7.94. The summed E-state index contributed by atoms with van der Waals surface area (Å²) in [6.45, 7) is 5.30. The lowest BCUT2D eigenvalue weighted by Crippen LogP contribution is -2.13. The summed E-state index contributed by atoms with van der Waals surface area (Å²) in [5, 5.41) is 14.9. The van der Waals surface area contributed by atoms with Crippen LogP contribution in [-0.4, -0.2) is 42.5 Å². The van der Waals surface area contributed by atoms with Gasteiger partial charge in [-0.25, -0.2) is 4.98 Å². The Morgan fingerprint density at radius 2 is 2.12 bits per heavy atom. The van der Waals surface area contributed by atoms with E-state index in [1.807, 2.05) is 24.5 Å². The number of hydrogen-bond acceptors (Lipinski definition) is 6. The number of amides is 1. The van der Waals surface area contributed by atoms with E-state index in [1.54, 1.807) is 29.3 Å². The van der Waals surface area contributed by atoms with Gasteiger partial charge >= 0.3 is 0 Å². The van der Waals surface area contributed by atoms with Gasteiger partial charge in [-0.1, -0.05) is 6.07 Å². The molecule has 0 spiro atoms. The third kappa shape index (κ3) is 3.35. The topological polar surface area (TPSA) is 99.8 Å². The second kappa shape index (κ2) is 7.12. The smallest absolute Gasteiger partial charge is 0.263 e. The Morgan fingerprint density at radius 3 is 2.84 bits per heavy atom. The van der Waals surface area contributed by atoms with Crippen molar-refractivity contribution < 1.29 is 9.53 Å². The lowest BCUT2D eigenvalue weighted by atomic mass is 10.3. The van der Waals surface area contributed by atoms with E-state index >= 15 is 0 Å². The maximum absolute atomic E-state index is 12.5. The molecule has 0 aliphatic rings. The van der Waals surface area contributed by atoms with Gasteiger partial charge in [-0.3, -0.25) is 9.48 Å². The van der Waals surface area contributed by atoms with E-state index in [4.69, 9.17) is 4.74 Å². The highest BCUT2D eigenvalue weighted by Crippen LogP contribution is 2.19. The molecule has 0 unspecified atom stereocenters. The van der Waals surface area contributed by atoms with Gasteiger partial charge in [0.05, 0.1) is 7.11 Å². The number of aryl methyl sites for hydroxylation is 2. The fourth-order valence-corrected chi connectivity index (χ4v) is 2.37. The van der Waals surface area contributed by atoms with Crippen molar-refractivity contribution >= 4 is 11.7 Å². The van der Waals surface area contributed by atoms with Crippen molar-refractivity contribution in [2.45, 2.75) is 26.9 Å². The van der Waals surface area contributed by atoms with Crippen molar-refractivity contribution in [1.29, 1.82) is 0 Å². The SMILES string of the molecule is CCn1cc(C(=O)Nc2cccc(-c3nncn3CC)n2)c(OC)n1. The Labute approximate surface area is 144 Å². The number of carbonyl (C=O) groups is 1. The van der Waals surface area contributed by atoms with Gasteiger partial charge < -0.3 is 14.6 Å². The third-order valence-electron chi connectivity index (χ3n) is 3.67. The quantitative estimate of drug-likeness (QED) is 0.734. The van der Waals surface area contributed by atoms with E-state index in [-0.39, 0.29) is 11.8 Å². The fourth-order valence-electron chi connectivity index (χ4n) is 2.37. The molecule has 0 aromatic carbocycles. The molecule has 9 heteroatoms. The van der Waals surface area contributed by atoms with Crippen LogP contribution in [-0.2, 0) is 13.1 Å². The molecule has 1 N–H and O–H groups in total. The summed E-state index contributed by atoms with van der Waals surface area (Å²) in [5.74, 6) is 1.01. The summed E-state index contributed by atoms with van der Waals surface area (Å²) in [7, 11) is 1.48. The molecule has 0 radical (unpaired) electrons. The molecular weight excluding hydrogens is 322 g/mol. The van der Waals surface area contributed by atoms with E-state index in [0.29, 0.717) is 29.4 Å². The molecule has 0 aliphatic heterocycles. The minimum Gasteiger partial charge on any atom is -0.479 e. The Bertz CT molecular complexity index is 884. The molecule has 0 atom stereocenters. The number of carbonyl (C=O) groups excluding carboxylic acids is 1. The van der Waals surface area contributed by atoms with Gasteiger partial charge in [-0.05, 0) is 26.0 Å². The Balaban J connectivity index is 1.85. The highest BCUT2D eigenvalue weighted by Gasteiger charge is 2.18. The molecule has 25 heavy (non-hydrogen) atoms. The lowest BCUT2D eigenvalue weighted by Gasteiger charge is -2.07. The summed E-state index contributed by atoms with van der Waals surface area (Å²) in [4.78, 5) is 17.0. The minimum absolute atomic E-state index is 0.279. The molecule has 130 valence electrons. The highest BCUT2D eigenvalue weighted by molar-refractivity contribution is 6.05. The second-order valence-corrected chi connectivity index (χ2v) is 5.21. The van der Waals surface area contributed by atoms with Crippen molar-refractivity contribution in [2.24, 2.45) is 0 Å². The van der Waals surface area contributed by atoms with Crippen molar-refractivity contribution in [2.75, 3.05) is 12.4 Å². The Kier molecular flexibility index (Phi) is 4.73. The molecule has 0 saturated heterocycles. The number of rotatable bonds is 6.